The van der Waals surface area contributed by atoms with Crippen molar-refractivity contribution in [3.05, 3.63) is 59.7 Å². The van der Waals surface area contributed by atoms with E-state index < -0.39 is 0 Å². The molecular weight excluding hydrogens is 236 g/mol. The number of nitrogens with two attached hydrogens (primary N) is 1. The molecule has 0 fully saturated rings. The zero-order valence-electron chi connectivity index (χ0n) is 11.2. The molecule has 0 heterocycles. The van der Waals surface area contributed by atoms with Crippen LogP contribution in [0.1, 0.15) is 11.1 Å². The first-order valence-electron chi connectivity index (χ1n) is 6.46. The van der Waals surface area contributed by atoms with Crippen LogP contribution in [0.25, 0.3) is 0 Å². The summed E-state index contributed by atoms with van der Waals surface area (Å²) in [6.07, 6.45) is 0. The minimum Gasteiger partial charge on any atom is -0.397 e. The molecule has 0 spiro atoms. The van der Waals surface area contributed by atoms with Crippen LogP contribution in [0.3, 0.4) is 0 Å². The highest BCUT2D eigenvalue weighted by Crippen LogP contribution is 2.25. The van der Waals surface area contributed by atoms with Crippen molar-refractivity contribution in [1.82, 2.24) is 0 Å². The van der Waals surface area contributed by atoms with Gasteiger partial charge in [0.1, 0.15) is 0 Å². The van der Waals surface area contributed by atoms with Crippen LogP contribution in [0.5, 0.6) is 0 Å². The lowest BCUT2D eigenvalue weighted by atomic mass is 10.1. The first-order chi connectivity index (χ1) is 9.20. The first kappa shape index (κ1) is 13.4. The molecule has 3 nitrogen and oxygen atoms in total. The third-order valence-corrected chi connectivity index (χ3v) is 3.11. The van der Waals surface area contributed by atoms with E-state index in [2.05, 4.69) is 23.1 Å². The van der Waals surface area contributed by atoms with Crippen molar-refractivity contribution in [2.45, 2.75) is 13.5 Å². The van der Waals surface area contributed by atoms with Gasteiger partial charge >= 0.3 is 0 Å². The highest BCUT2D eigenvalue weighted by atomic mass is 16.3. The van der Waals surface area contributed by atoms with Crippen LogP contribution < -0.4 is 10.6 Å². The summed E-state index contributed by atoms with van der Waals surface area (Å²) < 4.78 is 0. The molecule has 0 aromatic heterocycles. The van der Waals surface area contributed by atoms with Crippen LogP contribution >= 0.6 is 0 Å². The number of hydrogen-bond donors (Lipinski definition) is 2. The zero-order valence-corrected chi connectivity index (χ0v) is 11.2. The van der Waals surface area contributed by atoms with Gasteiger partial charge in [0.05, 0.1) is 18.0 Å². The van der Waals surface area contributed by atoms with E-state index in [1.807, 2.05) is 37.3 Å². The monoisotopic (exact) mass is 256 g/mol. The van der Waals surface area contributed by atoms with Gasteiger partial charge in [0, 0.05) is 13.1 Å². The molecule has 0 aliphatic heterocycles. The van der Waals surface area contributed by atoms with Crippen molar-refractivity contribution in [3.63, 3.8) is 0 Å². The fourth-order valence-corrected chi connectivity index (χ4v) is 2.14. The van der Waals surface area contributed by atoms with E-state index in [9.17, 15) is 5.11 Å². The molecule has 0 saturated carbocycles. The van der Waals surface area contributed by atoms with Crippen molar-refractivity contribution in [3.8, 4) is 0 Å². The molecule has 0 atom stereocenters. The van der Waals surface area contributed by atoms with Gasteiger partial charge in [-0.1, -0.05) is 36.4 Å². The highest BCUT2D eigenvalue weighted by Gasteiger charge is 2.10. The maximum atomic E-state index is 9.25. The predicted octanol–water partition coefficient (Wildman–Crippen LogP) is 2.58. The Morgan fingerprint density at radius 1 is 1.11 bits per heavy atom. The summed E-state index contributed by atoms with van der Waals surface area (Å²) in [6, 6.07) is 16.2. The molecule has 0 amide bonds. The van der Waals surface area contributed by atoms with Crippen molar-refractivity contribution < 1.29 is 5.11 Å². The Hall–Kier alpha value is -2.00. The van der Waals surface area contributed by atoms with Gasteiger partial charge in [-0.2, -0.15) is 0 Å². The second kappa shape index (κ2) is 6.25. The van der Waals surface area contributed by atoms with Gasteiger partial charge < -0.3 is 15.7 Å². The maximum Gasteiger partial charge on any atom is 0.0606 e. The predicted molar refractivity (Wildman–Crippen MR) is 80.2 cm³/mol. The lowest BCUT2D eigenvalue weighted by molar-refractivity contribution is 0.301. The van der Waals surface area contributed by atoms with Crippen LogP contribution in [0.4, 0.5) is 11.4 Å². The first-order valence-corrected chi connectivity index (χ1v) is 6.46. The minimum absolute atomic E-state index is 0.111. The van der Waals surface area contributed by atoms with E-state index in [4.69, 9.17) is 5.73 Å². The Morgan fingerprint density at radius 2 is 1.84 bits per heavy atom. The molecule has 0 aliphatic rings. The third-order valence-electron chi connectivity index (χ3n) is 3.11. The fourth-order valence-electron chi connectivity index (χ4n) is 2.14. The average molecular weight is 256 g/mol. The number of anilines is 2. The van der Waals surface area contributed by atoms with Crippen LogP contribution in [0, 0.1) is 6.92 Å². The standard InChI is InChI=1S/C16H20N2O/c1-13-7-8-15(17)16(11-13)18(9-10-19)12-14-5-3-2-4-6-14/h2-8,11,19H,9-10,12,17H2,1H3. The lowest BCUT2D eigenvalue weighted by Crippen LogP contribution is -2.27. The van der Waals surface area contributed by atoms with E-state index in [1.165, 1.54) is 11.1 Å². The van der Waals surface area contributed by atoms with Gasteiger partial charge in [-0.05, 0) is 30.2 Å². The second-order valence-electron chi connectivity index (χ2n) is 4.69. The topological polar surface area (TPSA) is 49.5 Å². The van der Waals surface area contributed by atoms with Crippen LogP contribution in [-0.2, 0) is 6.54 Å². The Balaban J connectivity index is 2.27. The van der Waals surface area contributed by atoms with Gasteiger partial charge in [0.15, 0.2) is 0 Å². The van der Waals surface area contributed by atoms with E-state index in [-0.39, 0.29) is 6.61 Å². The van der Waals surface area contributed by atoms with E-state index >= 15 is 0 Å². The third kappa shape index (κ3) is 3.48. The summed E-state index contributed by atoms with van der Waals surface area (Å²) >= 11 is 0. The molecule has 2 aromatic rings. The van der Waals surface area contributed by atoms with Crippen LogP contribution in [-0.4, -0.2) is 18.3 Å². The number of aliphatic hydroxyl groups is 1. The Morgan fingerprint density at radius 3 is 2.53 bits per heavy atom. The molecule has 0 bridgehead atoms. The average Bonchev–Trinajstić information content (AvgIpc) is 2.42. The highest BCUT2D eigenvalue weighted by molar-refractivity contribution is 5.68. The number of hydrogen-bond acceptors (Lipinski definition) is 3. The number of nitrogen functional groups attached to an aromatic ring is 1. The van der Waals surface area contributed by atoms with Gasteiger partial charge in [0.25, 0.3) is 0 Å². The lowest BCUT2D eigenvalue weighted by Gasteiger charge is -2.26. The Bertz CT molecular complexity index is 526. The number of benzene rings is 2. The van der Waals surface area contributed by atoms with Crippen molar-refractivity contribution in [1.29, 1.82) is 0 Å². The molecule has 0 unspecified atom stereocenters. The van der Waals surface area contributed by atoms with E-state index in [0.717, 1.165) is 17.9 Å². The molecule has 3 N–H and O–H groups in total. The van der Waals surface area contributed by atoms with Crippen molar-refractivity contribution in [2.24, 2.45) is 0 Å². The number of aryl methyl sites for hydroxylation is 1. The molecule has 19 heavy (non-hydrogen) atoms. The van der Waals surface area contributed by atoms with Crippen molar-refractivity contribution in [2.75, 3.05) is 23.8 Å². The van der Waals surface area contributed by atoms with Gasteiger partial charge in [-0.15, -0.1) is 0 Å². The summed E-state index contributed by atoms with van der Waals surface area (Å²) in [6.45, 7) is 3.47. The largest absolute Gasteiger partial charge is 0.397 e. The number of aliphatic hydroxyl groups excluding tert-OH is 1. The van der Waals surface area contributed by atoms with E-state index in [1.54, 1.807) is 0 Å². The summed E-state index contributed by atoms with van der Waals surface area (Å²) in [7, 11) is 0. The summed E-state index contributed by atoms with van der Waals surface area (Å²) in [4.78, 5) is 2.11. The SMILES string of the molecule is Cc1ccc(N)c(N(CCO)Cc2ccccc2)c1. The smallest absolute Gasteiger partial charge is 0.0606 e. The van der Waals surface area contributed by atoms with E-state index in [0.29, 0.717) is 6.54 Å². The molecule has 3 heteroatoms. The number of rotatable bonds is 5. The van der Waals surface area contributed by atoms with Crippen molar-refractivity contribution >= 4 is 11.4 Å². The molecule has 0 aliphatic carbocycles. The normalized spacial score (nSPS) is 10.4. The molecule has 2 rings (SSSR count). The molecule has 0 saturated heterocycles. The minimum atomic E-state index is 0.111. The molecular formula is C16H20N2O. The quantitative estimate of drug-likeness (QED) is 0.808. The summed E-state index contributed by atoms with van der Waals surface area (Å²) in [5.41, 5.74) is 10.2. The zero-order chi connectivity index (χ0) is 13.7. The van der Waals surface area contributed by atoms with Gasteiger partial charge in [-0.3, -0.25) is 0 Å². The van der Waals surface area contributed by atoms with Gasteiger partial charge in [-0.25, -0.2) is 0 Å². The fraction of sp³-hybridized carbons (Fsp3) is 0.250. The molecule has 100 valence electrons. The van der Waals surface area contributed by atoms with Crippen LogP contribution in [0.2, 0.25) is 0 Å². The summed E-state index contributed by atoms with van der Waals surface area (Å²) in [5.74, 6) is 0. The molecule has 0 radical (unpaired) electrons. The summed E-state index contributed by atoms with van der Waals surface area (Å²) in [5, 5.41) is 9.25. The van der Waals surface area contributed by atoms with Gasteiger partial charge in [0.2, 0.25) is 0 Å². The van der Waals surface area contributed by atoms with Crippen LogP contribution in [0.15, 0.2) is 48.5 Å². The number of nitrogens with zero attached hydrogens (tertiary/aromatic N) is 1. The Labute approximate surface area is 114 Å². The maximum absolute atomic E-state index is 9.25. The second-order valence-corrected chi connectivity index (χ2v) is 4.69. The molecule has 2 aromatic carbocycles. The Kier molecular flexibility index (Phi) is 4.42.